The third-order valence-electron chi connectivity index (χ3n) is 3.15. The average Bonchev–Trinajstić information content (AvgIpc) is 2.65. The topological polar surface area (TPSA) is 68.5 Å². The van der Waals surface area contributed by atoms with E-state index in [1.54, 1.807) is 24.6 Å². The highest BCUT2D eigenvalue weighted by molar-refractivity contribution is 9.10. The molecule has 0 radical (unpaired) electrons. The molecule has 20 heavy (non-hydrogen) atoms. The molecule has 0 fully saturated rings. The molecule has 106 valence electrons. The van der Waals surface area contributed by atoms with Crippen LogP contribution in [0.3, 0.4) is 0 Å². The van der Waals surface area contributed by atoms with Crippen LogP contribution in [-0.2, 0) is 23.0 Å². The number of phenols is 1. The summed E-state index contributed by atoms with van der Waals surface area (Å²) in [7, 11) is 1.77. The first kappa shape index (κ1) is 14.6. The van der Waals surface area contributed by atoms with E-state index >= 15 is 0 Å². The van der Waals surface area contributed by atoms with Crippen molar-refractivity contribution < 1.29 is 19.4 Å². The van der Waals surface area contributed by atoms with Gasteiger partial charge in [-0.1, -0.05) is 0 Å². The van der Waals surface area contributed by atoms with E-state index in [9.17, 15) is 14.7 Å². The highest BCUT2D eigenvalue weighted by Gasteiger charge is 2.23. The van der Waals surface area contributed by atoms with Crippen LogP contribution in [0.4, 0.5) is 0 Å². The Balaban J connectivity index is 2.80. The van der Waals surface area contributed by atoms with Gasteiger partial charge in [0.05, 0.1) is 22.2 Å². The van der Waals surface area contributed by atoms with E-state index in [0.717, 1.165) is 11.8 Å². The number of aromatic hydroxyl groups is 1. The Labute approximate surface area is 124 Å². The van der Waals surface area contributed by atoms with Crippen molar-refractivity contribution in [3.8, 4) is 5.75 Å². The number of carbonyl (C=O) groups is 2. The van der Waals surface area contributed by atoms with E-state index in [4.69, 9.17) is 4.74 Å². The van der Waals surface area contributed by atoms with Crippen LogP contribution < -0.4 is 0 Å². The molecule has 0 bridgehead atoms. The van der Waals surface area contributed by atoms with Gasteiger partial charge in [-0.2, -0.15) is 0 Å². The zero-order chi connectivity index (χ0) is 14.9. The molecule has 1 aromatic carbocycles. The number of esters is 1. The lowest BCUT2D eigenvalue weighted by Crippen LogP contribution is -2.09. The number of rotatable bonds is 4. The molecule has 1 heterocycles. The smallest absolute Gasteiger partial charge is 0.340 e. The minimum atomic E-state index is -0.489. The first-order valence-corrected chi connectivity index (χ1v) is 6.91. The quantitative estimate of drug-likeness (QED) is 0.686. The van der Waals surface area contributed by atoms with Crippen LogP contribution in [0.5, 0.6) is 5.75 Å². The summed E-state index contributed by atoms with van der Waals surface area (Å²) >= 11 is 3.24. The van der Waals surface area contributed by atoms with Gasteiger partial charge >= 0.3 is 5.97 Å². The molecule has 1 aromatic heterocycles. The van der Waals surface area contributed by atoms with E-state index in [-0.39, 0.29) is 18.8 Å². The minimum absolute atomic E-state index is 0.0336. The average molecular weight is 340 g/mol. The number of ether oxygens (including phenoxy) is 1. The predicted octanol–water partition coefficient (Wildman–Crippen LogP) is 2.56. The van der Waals surface area contributed by atoms with Gasteiger partial charge < -0.3 is 19.2 Å². The Kier molecular flexibility index (Phi) is 4.13. The molecular formula is C14H14BrNO4. The third-order valence-corrected chi connectivity index (χ3v) is 3.78. The number of hydrogen-bond acceptors (Lipinski definition) is 4. The maximum absolute atomic E-state index is 12.1. The molecule has 0 amide bonds. The van der Waals surface area contributed by atoms with E-state index < -0.39 is 5.97 Å². The summed E-state index contributed by atoms with van der Waals surface area (Å²) in [5.41, 5.74) is 1.65. The minimum Gasteiger partial charge on any atom is -0.507 e. The highest BCUT2D eigenvalue weighted by atomic mass is 79.9. The molecular weight excluding hydrogens is 326 g/mol. The largest absolute Gasteiger partial charge is 0.507 e. The van der Waals surface area contributed by atoms with Gasteiger partial charge in [0.2, 0.25) is 0 Å². The molecule has 0 atom stereocenters. The van der Waals surface area contributed by atoms with E-state index in [1.165, 1.54) is 6.07 Å². The summed E-state index contributed by atoms with van der Waals surface area (Å²) < 4.78 is 7.34. The van der Waals surface area contributed by atoms with E-state index in [2.05, 4.69) is 15.9 Å². The number of halogens is 1. The summed E-state index contributed by atoms with van der Waals surface area (Å²) in [5.74, 6) is -0.456. The number of carbonyl (C=O) groups excluding carboxylic acids is 2. The monoisotopic (exact) mass is 339 g/mol. The summed E-state index contributed by atoms with van der Waals surface area (Å²) in [6.45, 7) is 1.97. The van der Waals surface area contributed by atoms with Crippen molar-refractivity contribution in [2.24, 2.45) is 7.05 Å². The predicted molar refractivity (Wildman–Crippen MR) is 78.0 cm³/mol. The fourth-order valence-electron chi connectivity index (χ4n) is 2.25. The zero-order valence-corrected chi connectivity index (χ0v) is 12.7. The second-order valence-corrected chi connectivity index (χ2v) is 5.15. The summed E-state index contributed by atoms with van der Waals surface area (Å²) in [6.07, 6.45) is 0.851. The first-order chi connectivity index (χ1) is 9.51. The van der Waals surface area contributed by atoms with Crippen molar-refractivity contribution in [1.29, 1.82) is 0 Å². The maximum atomic E-state index is 12.1. The standard InChI is InChI=1S/C14H14BrNO4/c1-3-20-14(19)13-8-6-12(18)9(15)7-11(8)16(2)10(13)4-5-17/h5-7,18H,3-4H2,1-2H3. The normalized spacial score (nSPS) is 10.8. The zero-order valence-electron chi connectivity index (χ0n) is 11.1. The van der Waals surface area contributed by atoms with Crippen molar-refractivity contribution in [3.05, 3.63) is 27.9 Å². The van der Waals surface area contributed by atoms with Crippen molar-refractivity contribution >= 4 is 39.1 Å². The van der Waals surface area contributed by atoms with Gasteiger partial charge in [0.1, 0.15) is 12.0 Å². The summed E-state index contributed by atoms with van der Waals surface area (Å²) in [5, 5.41) is 10.4. The molecule has 0 aliphatic heterocycles. The Morgan fingerprint density at radius 3 is 2.80 bits per heavy atom. The number of phenolic OH excluding ortho intramolecular Hbond substituents is 1. The fraction of sp³-hybridized carbons (Fsp3) is 0.286. The molecule has 0 aliphatic carbocycles. The molecule has 0 aliphatic rings. The molecule has 2 aromatic rings. The van der Waals surface area contributed by atoms with Crippen molar-refractivity contribution in [2.75, 3.05) is 6.61 Å². The van der Waals surface area contributed by atoms with Crippen LogP contribution >= 0.6 is 15.9 Å². The Morgan fingerprint density at radius 1 is 1.50 bits per heavy atom. The van der Waals surface area contributed by atoms with E-state index in [1.807, 2.05) is 0 Å². The van der Waals surface area contributed by atoms with Crippen LogP contribution in [0, 0.1) is 0 Å². The Hall–Kier alpha value is -1.82. The van der Waals surface area contributed by atoms with Gasteiger partial charge in [0.25, 0.3) is 0 Å². The number of aromatic nitrogens is 1. The molecule has 2 rings (SSSR count). The number of fused-ring (bicyclic) bond motifs is 1. The number of benzene rings is 1. The highest BCUT2D eigenvalue weighted by Crippen LogP contribution is 2.34. The Morgan fingerprint density at radius 2 is 2.20 bits per heavy atom. The van der Waals surface area contributed by atoms with Gasteiger partial charge in [-0.3, -0.25) is 0 Å². The van der Waals surface area contributed by atoms with Crippen LogP contribution in [0.15, 0.2) is 16.6 Å². The lowest BCUT2D eigenvalue weighted by molar-refractivity contribution is -0.107. The second-order valence-electron chi connectivity index (χ2n) is 4.29. The summed E-state index contributed by atoms with van der Waals surface area (Å²) in [6, 6.07) is 3.21. The second kappa shape index (κ2) is 5.66. The van der Waals surface area contributed by atoms with Crippen LogP contribution in [0.2, 0.25) is 0 Å². The fourth-order valence-corrected chi connectivity index (χ4v) is 2.58. The third kappa shape index (κ3) is 2.31. The van der Waals surface area contributed by atoms with Gasteiger partial charge in [0, 0.05) is 24.5 Å². The number of aldehydes is 1. The summed E-state index contributed by atoms with van der Waals surface area (Å²) in [4.78, 5) is 23.0. The molecule has 5 nitrogen and oxygen atoms in total. The molecule has 0 saturated heterocycles. The van der Waals surface area contributed by atoms with Gasteiger partial charge in [-0.25, -0.2) is 4.79 Å². The van der Waals surface area contributed by atoms with Crippen molar-refractivity contribution in [1.82, 2.24) is 4.57 Å². The molecule has 0 unspecified atom stereocenters. The van der Waals surface area contributed by atoms with Crippen molar-refractivity contribution in [3.63, 3.8) is 0 Å². The number of hydrogen-bond donors (Lipinski definition) is 1. The molecule has 0 spiro atoms. The Bertz CT molecular complexity index is 690. The van der Waals surface area contributed by atoms with Crippen LogP contribution in [0.25, 0.3) is 10.9 Å². The first-order valence-electron chi connectivity index (χ1n) is 6.11. The van der Waals surface area contributed by atoms with E-state index in [0.29, 0.717) is 21.1 Å². The van der Waals surface area contributed by atoms with Crippen LogP contribution in [-0.4, -0.2) is 28.5 Å². The van der Waals surface area contributed by atoms with Crippen LogP contribution in [0.1, 0.15) is 23.0 Å². The van der Waals surface area contributed by atoms with Gasteiger partial charge in [0.15, 0.2) is 0 Å². The maximum Gasteiger partial charge on any atom is 0.340 e. The SMILES string of the molecule is CCOC(=O)c1c(CC=O)n(C)c2cc(Br)c(O)cc12. The lowest BCUT2D eigenvalue weighted by Gasteiger charge is -2.04. The molecule has 1 N–H and O–H groups in total. The van der Waals surface area contributed by atoms with Gasteiger partial charge in [-0.15, -0.1) is 0 Å². The number of nitrogens with zero attached hydrogens (tertiary/aromatic N) is 1. The van der Waals surface area contributed by atoms with Gasteiger partial charge in [-0.05, 0) is 35.0 Å². The lowest BCUT2D eigenvalue weighted by atomic mass is 10.1. The number of aryl methyl sites for hydroxylation is 1. The molecule has 0 saturated carbocycles. The van der Waals surface area contributed by atoms with Crippen molar-refractivity contribution in [2.45, 2.75) is 13.3 Å². The molecule has 6 heteroatoms.